The first-order chi connectivity index (χ1) is 22.2. The highest BCUT2D eigenvalue weighted by Gasteiger charge is 2.32. The Morgan fingerprint density at radius 2 is 1.78 bits per heavy atom. The van der Waals surface area contributed by atoms with Crippen molar-refractivity contribution in [2.24, 2.45) is 0 Å². The topological polar surface area (TPSA) is 121 Å². The van der Waals surface area contributed by atoms with Gasteiger partial charge >= 0.3 is 11.9 Å². The number of amides is 1. The van der Waals surface area contributed by atoms with Crippen LogP contribution in [0, 0.1) is 5.82 Å². The van der Waals surface area contributed by atoms with Crippen LogP contribution in [0.1, 0.15) is 26.3 Å². The van der Waals surface area contributed by atoms with E-state index in [0.29, 0.717) is 67.6 Å². The van der Waals surface area contributed by atoms with Crippen LogP contribution in [-0.4, -0.2) is 93.7 Å². The van der Waals surface area contributed by atoms with Crippen LogP contribution in [0.15, 0.2) is 42.5 Å². The van der Waals surface area contributed by atoms with Crippen LogP contribution in [0.5, 0.6) is 5.75 Å². The molecule has 46 heavy (non-hydrogen) atoms. The Hall–Kier alpha value is -4.10. The fraction of sp³-hybridized carbons (Fsp3) is 0.344. The predicted octanol–water partition coefficient (Wildman–Crippen LogP) is 4.28. The highest BCUT2D eigenvalue weighted by atomic mass is 35.5. The number of rotatable bonds is 6. The lowest BCUT2D eigenvalue weighted by Crippen LogP contribution is -2.55. The summed E-state index contributed by atoms with van der Waals surface area (Å²) >= 11 is 13.2. The number of carbonyl (C=O) groups is 3. The molecule has 6 rings (SSSR count). The minimum Gasteiger partial charge on any atom is -0.480 e. The number of piperazine rings is 1. The Bertz CT molecular complexity index is 1680. The molecule has 0 unspecified atom stereocenters. The molecular formula is C32H31Cl2FN4O7. The highest BCUT2D eigenvalue weighted by Crippen LogP contribution is 2.41. The normalized spacial score (nSPS) is 18.1. The highest BCUT2D eigenvalue weighted by molar-refractivity contribution is 6.40. The van der Waals surface area contributed by atoms with E-state index < -0.39 is 29.7 Å². The SMILES string of the molecule is COC(=O)c1cc(F)c(-c2cccc3c2OCN(C(=O)c2c(Cl)cc(N4CCNC[C@@H]4C(=O)O)cc2Cl)C3)cc1N1CCOCC1. The first-order valence-corrected chi connectivity index (χ1v) is 15.4. The van der Waals surface area contributed by atoms with E-state index in [-0.39, 0.29) is 46.6 Å². The molecule has 0 spiro atoms. The van der Waals surface area contributed by atoms with Gasteiger partial charge in [0.25, 0.3) is 5.91 Å². The van der Waals surface area contributed by atoms with Crippen molar-refractivity contribution >= 4 is 52.4 Å². The van der Waals surface area contributed by atoms with Gasteiger partial charge in [0.1, 0.15) is 17.6 Å². The number of carbonyl (C=O) groups excluding carboxylic acids is 2. The van der Waals surface area contributed by atoms with Crippen molar-refractivity contribution in [3.05, 3.63) is 75.0 Å². The zero-order valence-corrected chi connectivity index (χ0v) is 26.4. The van der Waals surface area contributed by atoms with Gasteiger partial charge in [-0.3, -0.25) is 4.79 Å². The largest absolute Gasteiger partial charge is 0.480 e. The lowest BCUT2D eigenvalue weighted by Gasteiger charge is -2.36. The zero-order chi connectivity index (χ0) is 32.5. The lowest BCUT2D eigenvalue weighted by atomic mass is 9.97. The summed E-state index contributed by atoms with van der Waals surface area (Å²) in [5, 5.41) is 12.9. The maximum absolute atomic E-state index is 15.7. The number of morpholine rings is 1. The molecule has 3 aliphatic heterocycles. The van der Waals surface area contributed by atoms with Gasteiger partial charge in [0.2, 0.25) is 0 Å². The van der Waals surface area contributed by atoms with E-state index in [4.69, 9.17) is 37.4 Å². The van der Waals surface area contributed by atoms with Gasteiger partial charge in [0.15, 0.2) is 6.73 Å². The van der Waals surface area contributed by atoms with Gasteiger partial charge in [0, 0.05) is 55.1 Å². The van der Waals surface area contributed by atoms with Crippen LogP contribution >= 0.6 is 23.2 Å². The molecule has 11 nitrogen and oxygen atoms in total. The van der Waals surface area contributed by atoms with Crippen molar-refractivity contribution in [3.63, 3.8) is 0 Å². The second-order valence-corrected chi connectivity index (χ2v) is 11.9. The smallest absolute Gasteiger partial charge is 0.340 e. The summed E-state index contributed by atoms with van der Waals surface area (Å²) in [7, 11) is 1.25. The zero-order valence-electron chi connectivity index (χ0n) is 24.9. The molecular weight excluding hydrogens is 642 g/mol. The van der Waals surface area contributed by atoms with Crippen LogP contribution in [0.4, 0.5) is 15.8 Å². The Morgan fingerprint density at radius 3 is 2.48 bits per heavy atom. The summed E-state index contributed by atoms with van der Waals surface area (Å²) in [4.78, 5) is 43.1. The fourth-order valence-corrected chi connectivity index (χ4v) is 6.68. The van der Waals surface area contributed by atoms with Crippen molar-refractivity contribution in [2.75, 3.05) is 69.6 Å². The number of methoxy groups -OCH3 is 1. The number of halogens is 3. The quantitative estimate of drug-likeness (QED) is 0.367. The number of anilines is 2. The molecule has 2 N–H and O–H groups in total. The summed E-state index contributed by atoms with van der Waals surface area (Å²) < 4.78 is 32.1. The van der Waals surface area contributed by atoms with E-state index in [2.05, 4.69) is 5.32 Å². The summed E-state index contributed by atoms with van der Waals surface area (Å²) in [6.45, 7) is 3.23. The Kier molecular flexibility index (Phi) is 9.23. The van der Waals surface area contributed by atoms with E-state index in [0.717, 1.165) is 0 Å². The second-order valence-electron chi connectivity index (χ2n) is 11.0. The van der Waals surface area contributed by atoms with Gasteiger partial charge in [-0.1, -0.05) is 41.4 Å². The molecule has 3 aromatic carbocycles. The van der Waals surface area contributed by atoms with Crippen molar-refractivity contribution in [1.82, 2.24) is 10.2 Å². The van der Waals surface area contributed by atoms with E-state index in [9.17, 15) is 19.5 Å². The molecule has 0 radical (unpaired) electrons. The standard InChI is InChI=1S/C32H31Cl2FN4O7/c1-44-32(43)22-13-25(35)21(14-26(22)37-7-9-45-10-8-37)20-4-2-3-18-16-38(17-46-29(18)20)30(40)28-23(33)11-19(12-24(28)34)39-6-5-36-15-27(39)31(41)42/h2-4,11-14,27,36H,5-10,15-17H2,1H3,(H,41,42)/t27-/m1/s1. The minimum atomic E-state index is -0.986. The number of benzene rings is 3. The monoisotopic (exact) mass is 672 g/mol. The Morgan fingerprint density at radius 1 is 1.04 bits per heavy atom. The number of carboxylic acids is 1. The fourth-order valence-electron chi connectivity index (χ4n) is 6.05. The molecule has 242 valence electrons. The van der Waals surface area contributed by atoms with E-state index in [1.54, 1.807) is 41.3 Å². The Balaban J connectivity index is 1.29. The second kappa shape index (κ2) is 13.3. The van der Waals surface area contributed by atoms with E-state index in [1.807, 2.05) is 4.90 Å². The molecule has 1 atom stereocenters. The molecule has 1 amide bonds. The number of ether oxygens (including phenoxy) is 3. The summed E-state index contributed by atoms with van der Waals surface area (Å²) in [5.41, 5.74) is 2.55. The third-order valence-corrected chi connectivity index (χ3v) is 8.94. The van der Waals surface area contributed by atoms with Gasteiger partial charge in [-0.2, -0.15) is 0 Å². The summed E-state index contributed by atoms with van der Waals surface area (Å²) in [5.74, 6) is -2.32. The van der Waals surface area contributed by atoms with Gasteiger partial charge < -0.3 is 39.3 Å². The number of carboxylic acid groups (broad SMARTS) is 1. The lowest BCUT2D eigenvalue weighted by molar-refractivity contribution is -0.138. The first-order valence-electron chi connectivity index (χ1n) is 14.7. The first kappa shape index (κ1) is 31.9. The van der Waals surface area contributed by atoms with Crippen LogP contribution < -0.4 is 19.9 Å². The maximum atomic E-state index is 15.7. The van der Waals surface area contributed by atoms with Crippen molar-refractivity contribution in [3.8, 4) is 16.9 Å². The third kappa shape index (κ3) is 6.05. The molecule has 3 aliphatic rings. The molecule has 2 fully saturated rings. The van der Waals surface area contributed by atoms with Crippen LogP contribution in [0.2, 0.25) is 10.0 Å². The molecule has 0 bridgehead atoms. The number of fused-ring (bicyclic) bond motifs is 1. The molecule has 14 heteroatoms. The molecule has 0 saturated carbocycles. The van der Waals surface area contributed by atoms with E-state index in [1.165, 1.54) is 18.1 Å². The van der Waals surface area contributed by atoms with Gasteiger partial charge in [0.05, 0.1) is 53.7 Å². The van der Waals surface area contributed by atoms with Crippen LogP contribution in [-0.2, 0) is 20.8 Å². The number of hydrogen-bond acceptors (Lipinski definition) is 9. The third-order valence-electron chi connectivity index (χ3n) is 8.34. The van der Waals surface area contributed by atoms with Crippen molar-refractivity contribution in [2.45, 2.75) is 12.6 Å². The van der Waals surface area contributed by atoms with Crippen molar-refractivity contribution < 1.29 is 38.1 Å². The number of hydrogen-bond donors (Lipinski definition) is 2. The average Bonchev–Trinajstić information content (AvgIpc) is 3.07. The average molecular weight is 674 g/mol. The number of aliphatic carboxylic acids is 1. The molecule has 3 heterocycles. The van der Waals surface area contributed by atoms with Crippen LogP contribution in [0.3, 0.4) is 0 Å². The number of para-hydroxylation sites is 1. The molecule has 0 aliphatic carbocycles. The van der Waals surface area contributed by atoms with Gasteiger partial charge in [-0.25, -0.2) is 14.0 Å². The van der Waals surface area contributed by atoms with Crippen LogP contribution in [0.25, 0.3) is 11.1 Å². The van der Waals surface area contributed by atoms with E-state index >= 15 is 4.39 Å². The minimum absolute atomic E-state index is 0.0666. The molecule has 2 saturated heterocycles. The number of nitrogens with one attached hydrogen (secondary N) is 1. The molecule has 3 aromatic rings. The van der Waals surface area contributed by atoms with Crippen molar-refractivity contribution in [1.29, 1.82) is 0 Å². The number of nitrogens with zero attached hydrogens (tertiary/aromatic N) is 3. The summed E-state index contributed by atoms with van der Waals surface area (Å²) in [6, 6.07) is 10.3. The predicted molar refractivity (Wildman–Crippen MR) is 170 cm³/mol. The molecule has 0 aromatic heterocycles. The van der Waals surface area contributed by atoms with Gasteiger partial charge in [-0.15, -0.1) is 0 Å². The maximum Gasteiger partial charge on any atom is 0.340 e. The Labute approximate surface area is 274 Å². The number of esters is 1. The summed E-state index contributed by atoms with van der Waals surface area (Å²) in [6.07, 6.45) is 0. The van der Waals surface area contributed by atoms with Gasteiger partial charge in [-0.05, 0) is 24.3 Å².